The van der Waals surface area contributed by atoms with Gasteiger partial charge in [-0.05, 0) is 37.1 Å². The fourth-order valence-corrected chi connectivity index (χ4v) is 2.31. The minimum absolute atomic E-state index is 0.0646. The van der Waals surface area contributed by atoms with Gasteiger partial charge in [0.15, 0.2) is 11.9 Å². The molecule has 0 aliphatic heterocycles. The van der Waals surface area contributed by atoms with Crippen molar-refractivity contribution in [1.29, 1.82) is 0 Å². The number of nitrogens with zero attached hydrogens (tertiary/aromatic N) is 1. The monoisotopic (exact) mass is 299 g/mol. The van der Waals surface area contributed by atoms with Crippen LogP contribution in [0, 0.1) is 13.8 Å². The van der Waals surface area contributed by atoms with Gasteiger partial charge in [0.05, 0.1) is 12.8 Å². The van der Waals surface area contributed by atoms with Crippen molar-refractivity contribution in [3.8, 4) is 5.75 Å². The Hall–Kier alpha value is -2.36. The number of ether oxygens (including phenoxy) is 1. The van der Waals surface area contributed by atoms with Gasteiger partial charge in [0, 0.05) is 18.6 Å². The topological polar surface area (TPSA) is 42.2 Å². The van der Waals surface area contributed by atoms with Gasteiger partial charge in [-0.1, -0.05) is 13.0 Å². The van der Waals surface area contributed by atoms with E-state index in [0.29, 0.717) is 11.4 Å². The van der Waals surface area contributed by atoms with Crippen LogP contribution in [-0.2, 0) is 17.8 Å². The van der Waals surface area contributed by atoms with Crippen molar-refractivity contribution in [2.75, 3.05) is 12.4 Å². The van der Waals surface area contributed by atoms with E-state index in [2.05, 4.69) is 18.3 Å². The van der Waals surface area contributed by atoms with Crippen LogP contribution in [0.15, 0.2) is 36.5 Å². The Bertz CT molecular complexity index is 681. The van der Waals surface area contributed by atoms with E-state index in [9.17, 15) is 4.79 Å². The molecular weight excluding hydrogens is 276 g/mol. The molecule has 0 unspecified atom stereocenters. The third-order valence-corrected chi connectivity index (χ3v) is 3.66. The highest BCUT2D eigenvalue weighted by atomic mass is 16.5. The molecule has 2 aromatic rings. The average molecular weight is 299 g/mol. The van der Waals surface area contributed by atoms with Gasteiger partial charge in [0.25, 0.3) is 5.91 Å². The highest BCUT2D eigenvalue weighted by Gasteiger charge is 2.15. The summed E-state index contributed by atoms with van der Waals surface area (Å²) in [6.45, 7) is 6.38. The molecule has 0 radical (unpaired) electrons. The number of hydrogen-bond donors (Lipinski definition) is 1. The van der Waals surface area contributed by atoms with Crippen molar-refractivity contribution >= 4 is 11.6 Å². The van der Waals surface area contributed by atoms with Gasteiger partial charge in [0.2, 0.25) is 6.54 Å². The molecule has 1 amide bonds. The van der Waals surface area contributed by atoms with Crippen molar-refractivity contribution in [3.63, 3.8) is 0 Å². The lowest BCUT2D eigenvalue weighted by molar-refractivity contribution is -0.690. The van der Waals surface area contributed by atoms with Gasteiger partial charge in [-0.25, -0.2) is 0 Å². The van der Waals surface area contributed by atoms with Gasteiger partial charge in [-0.3, -0.25) is 4.79 Å². The standard InChI is InChI=1S/C18H22N2O2/c1-5-15-8-7-14(3)20(11-15)12-18(21)19-16-10-13(2)6-9-17(16)22-4/h6-11H,5,12H2,1-4H3/p+1. The molecule has 0 aliphatic carbocycles. The van der Waals surface area contributed by atoms with E-state index in [1.807, 2.05) is 48.9 Å². The van der Waals surface area contributed by atoms with Crippen molar-refractivity contribution in [3.05, 3.63) is 53.3 Å². The van der Waals surface area contributed by atoms with Gasteiger partial charge in [-0.15, -0.1) is 0 Å². The summed E-state index contributed by atoms with van der Waals surface area (Å²) in [6, 6.07) is 9.86. The molecule has 0 spiro atoms. The Morgan fingerprint density at radius 2 is 2.00 bits per heavy atom. The summed E-state index contributed by atoms with van der Waals surface area (Å²) in [5.74, 6) is 0.605. The Balaban J connectivity index is 2.15. The molecule has 1 heterocycles. The predicted molar refractivity (Wildman–Crippen MR) is 87.1 cm³/mol. The molecule has 22 heavy (non-hydrogen) atoms. The predicted octanol–water partition coefficient (Wildman–Crippen LogP) is 2.80. The van der Waals surface area contributed by atoms with E-state index in [0.717, 1.165) is 17.7 Å². The highest BCUT2D eigenvalue weighted by Crippen LogP contribution is 2.24. The smallest absolute Gasteiger partial charge is 0.290 e. The second-order valence-corrected chi connectivity index (χ2v) is 5.41. The van der Waals surface area contributed by atoms with Crippen molar-refractivity contribution in [1.82, 2.24) is 0 Å². The molecule has 1 N–H and O–H groups in total. The summed E-state index contributed by atoms with van der Waals surface area (Å²) in [4.78, 5) is 12.3. The summed E-state index contributed by atoms with van der Waals surface area (Å²) in [5, 5.41) is 2.93. The molecule has 2 rings (SSSR count). The number of nitrogens with one attached hydrogen (secondary N) is 1. The van der Waals surface area contributed by atoms with E-state index in [-0.39, 0.29) is 12.5 Å². The molecule has 0 saturated heterocycles. The lowest BCUT2D eigenvalue weighted by Gasteiger charge is -2.10. The zero-order valence-electron chi connectivity index (χ0n) is 13.6. The van der Waals surface area contributed by atoms with Crippen LogP contribution in [0.25, 0.3) is 0 Å². The van der Waals surface area contributed by atoms with Crippen LogP contribution in [0.1, 0.15) is 23.7 Å². The number of hydrogen-bond acceptors (Lipinski definition) is 2. The Morgan fingerprint density at radius 1 is 1.23 bits per heavy atom. The quantitative estimate of drug-likeness (QED) is 0.863. The van der Waals surface area contributed by atoms with Crippen LogP contribution >= 0.6 is 0 Å². The van der Waals surface area contributed by atoms with Crippen molar-refractivity contribution < 1.29 is 14.1 Å². The summed E-state index contributed by atoms with van der Waals surface area (Å²) in [5.41, 5.74) is 4.06. The normalized spacial score (nSPS) is 10.4. The lowest BCUT2D eigenvalue weighted by atomic mass is 10.2. The molecule has 0 saturated carbocycles. The first-order valence-electron chi connectivity index (χ1n) is 7.47. The Morgan fingerprint density at radius 3 is 2.68 bits per heavy atom. The second kappa shape index (κ2) is 7.07. The number of anilines is 1. The van der Waals surface area contributed by atoms with Crippen LogP contribution in [0.4, 0.5) is 5.69 Å². The zero-order valence-corrected chi connectivity index (χ0v) is 13.6. The molecule has 4 nitrogen and oxygen atoms in total. The number of amides is 1. The Labute approximate surface area is 131 Å². The van der Waals surface area contributed by atoms with Crippen molar-refractivity contribution in [2.24, 2.45) is 0 Å². The van der Waals surface area contributed by atoms with Crippen LogP contribution in [0.2, 0.25) is 0 Å². The Kier molecular flexibility index (Phi) is 5.15. The highest BCUT2D eigenvalue weighted by molar-refractivity contribution is 5.91. The largest absolute Gasteiger partial charge is 0.495 e. The minimum Gasteiger partial charge on any atom is -0.495 e. The molecule has 0 fully saturated rings. The van der Waals surface area contributed by atoms with E-state index in [4.69, 9.17) is 4.74 Å². The van der Waals surface area contributed by atoms with Gasteiger partial charge in [-0.2, -0.15) is 4.57 Å². The number of aryl methyl sites for hydroxylation is 3. The molecular formula is C18H23N2O2+. The third-order valence-electron chi connectivity index (χ3n) is 3.66. The third kappa shape index (κ3) is 3.85. The molecule has 1 aromatic carbocycles. The summed E-state index contributed by atoms with van der Waals surface area (Å²) in [7, 11) is 1.60. The second-order valence-electron chi connectivity index (χ2n) is 5.41. The maximum absolute atomic E-state index is 12.3. The molecule has 4 heteroatoms. The van der Waals surface area contributed by atoms with Crippen molar-refractivity contribution in [2.45, 2.75) is 33.7 Å². The average Bonchev–Trinajstić information content (AvgIpc) is 2.49. The molecule has 0 bridgehead atoms. The number of carbonyl (C=O) groups is 1. The summed E-state index contributed by atoms with van der Waals surface area (Å²) < 4.78 is 7.26. The van der Waals surface area contributed by atoms with Crippen LogP contribution in [-0.4, -0.2) is 13.0 Å². The van der Waals surface area contributed by atoms with Gasteiger partial charge < -0.3 is 10.1 Å². The number of methoxy groups -OCH3 is 1. The van der Waals surface area contributed by atoms with E-state index < -0.39 is 0 Å². The zero-order chi connectivity index (χ0) is 16.1. The number of aromatic nitrogens is 1. The van der Waals surface area contributed by atoms with E-state index in [1.165, 1.54) is 5.56 Å². The van der Waals surface area contributed by atoms with Crippen LogP contribution in [0.3, 0.4) is 0 Å². The number of pyridine rings is 1. The lowest BCUT2D eigenvalue weighted by Crippen LogP contribution is -2.43. The number of rotatable bonds is 5. The number of carbonyl (C=O) groups excluding carboxylic acids is 1. The van der Waals surface area contributed by atoms with E-state index >= 15 is 0 Å². The fraction of sp³-hybridized carbons (Fsp3) is 0.333. The molecule has 1 aromatic heterocycles. The van der Waals surface area contributed by atoms with Gasteiger partial charge in [0.1, 0.15) is 5.75 Å². The first kappa shape index (κ1) is 16.0. The fourth-order valence-electron chi connectivity index (χ4n) is 2.31. The molecule has 116 valence electrons. The number of benzene rings is 1. The van der Waals surface area contributed by atoms with Crippen LogP contribution in [0.5, 0.6) is 5.75 Å². The minimum atomic E-state index is -0.0646. The van der Waals surface area contributed by atoms with E-state index in [1.54, 1.807) is 7.11 Å². The molecule has 0 aliphatic rings. The SMILES string of the molecule is CCc1ccc(C)[n+](CC(=O)Nc2cc(C)ccc2OC)c1. The summed E-state index contributed by atoms with van der Waals surface area (Å²) in [6.07, 6.45) is 2.98. The first-order chi connectivity index (χ1) is 10.5. The maximum atomic E-state index is 12.3. The summed E-state index contributed by atoms with van der Waals surface area (Å²) >= 11 is 0. The van der Waals surface area contributed by atoms with Crippen LogP contribution < -0.4 is 14.6 Å². The molecule has 0 atom stereocenters. The first-order valence-corrected chi connectivity index (χ1v) is 7.47. The maximum Gasteiger partial charge on any atom is 0.290 e. The van der Waals surface area contributed by atoms with Gasteiger partial charge >= 0.3 is 0 Å².